The lowest BCUT2D eigenvalue weighted by atomic mass is 10.2. The molecule has 0 saturated carbocycles. The van der Waals surface area contributed by atoms with Gasteiger partial charge in [-0.15, -0.1) is 0 Å². The first-order valence-corrected chi connectivity index (χ1v) is 7.54. The van der Waals surface area contributed by atoms with E-state index in [1.165, 1.54) is 4.31 Å². The monoisotopic (exact) mass is 274 g/mol. The molecule has 1 heterocycles. The molecule has 0 spiro atoms. The van der Waals surface area contributed by atoms with Crippen LogP contribution in [0.5, 0.6) is 0 Å². The summed E-state index contributed by atoms with van der Waals surface area (Å²) < 4.78 is 26.8. The van der Waals surface area contributed by atoms with Crippen LogP contribution in [0.4, 0.5) is 11.4 Å². The largest absolute Gasteiger partial charge is 0.382 e. The molecule has 0 aliphatic carbocycles. The molecule has 0 amide bonds. The van der Waals surface area contributed by atoms with Crippen molar-refractivity contribution >= 4 is 21.4 Å². The lowest BCUT2D eigenvalue weighted by Gasteiger charge is -2.31. The van der Waals surface area contributed by atoms with Crippen LogP contribution >= 0.6 is 0 Å². The van der Waals surface area contributed by atoms with Gasteiger partial charge in [0.2, 0.25) is 0 Å². The molecule has 3 rings (SSSR count). The quantitative estimate of drug-likeness (QED) is 0.914. The predicted octanol–water partition coefficient (Wildman–Crippen LogP) is 2.31. The molecule has 0 bridgehead atoms. The first-order valence-electron chi connectivity index (χ1n) is 6.10. The van der Waals surface area contributed by atoms with Crippen molar-refractivity contribution in [3.05, 3.63) is 54.6 Å². The molecule has 5 heteroatoms. The number of fused-ring (bicyclic) bond motifs is 1. The maximum atomic E-state index is 12.6. The molecular weight excluding hydrogens is 260 g/mol. The van der Waals surface area contributed by atoms with E-state index in [1.807, 2.05) is 30.3 Å². The summed E-state index contributed by atoms with van der Waals surface area (Å²) in [5, 5.41) is 3.21. The highest BCUT2D eigenvalue weighted by molar-refractivity contribution is 7.92. The molecule has 0 unspecified atom stereocenters. The number of sulfonamides is 1. The first kappa shape index (κ1) is 12.0. The van der Waals surface area contributed by atoms with Crippen molar-refractivity contribution in [3.8, 4) is 0 Å². The van der Waals surface area contributed by atoms with E-state index in [1.54, 1.807) is 24.3 Å². The Morgan fingerprint density at radius 2 is 1.63 bits per heavy atom. The summed E-state index contributed by atoms with van der Waals surface area (Å²) in [4.78, 5) is 0.326. The second-order valence-electron chi connectivity index (χ2n) is 4.33. The highest BCUT2D eigenvalue weighted by Crippen LogP contribution is 2.32. The number of para-hydroxylation sites is 2. The number of rotatable bonds is 2. The molecule has 0 fully saturated rings. The Hall–Kier alpha value is -2.01. The molecular formula is C14H14N2O2S. The van der Waals surface area contributed by atoms with Crippen LogP contribution in [-0.4, -0.2) is 21.5 Å². The zero-order chi connectivity index (χ0) is 13.3. The minimum atomic E-state index is -3.48. The topological polar surface area (TPSA) is 49.4 Å². The third-order valence-electron chi connectivity index (χ3n) is 3.13. The summed E-state index contributed by atoms with van der Waals surface area (Å²) in [6.07, 6.45) is 0. The number of nitrogens with one attached hydrogen (secondary N) is 1. The number of hydrogen-bond acceptors (Lipinski definition) is 3. The Balaban J connectivity index is 2.09. The Labute approximate surface area is 112 Å². The fourth-order valence-corrected chi connectivity index (χ4v) is 3.73. The first-order chi connectivity index (χ1) is 9.19. The highest BCUT2D eigenvalue weighted by Gasteiger charge is 2.28. The maximum absolute atomic E-state index is 12.6. The minimum absolute atomic E-state index is 0.326. The summed E-state index contributed by atoms with van der Waals surface area (Å²) in [7, 11) is -3.48. The predicted molar refractivity (Wildman–Crippen MR) is 75.9 cm³/mol. The Morgan fingerprint density at radius 3 is 2.42 bits per heavy atom. The van der Waals surface area contributed by atoms with E-state index in [4.69, 9.17) is 0 Å². The maximum Gasteiger partial charge on any atom is 0.264 e. The van der Waals surface area contributed by atoms with Gasteiger partial charge in [0.15, 0.2) is 0 Å². The van der Waals surface area contributed by atoms with Crippen LogP contribution in [0.25, 0.3) is 0 Å². The van der Waals surface area contributed by atoms with Gasteiger partial charge in [-0.3, -0.25) is 4.31 Å². The average Bonchev–Trinajstić information content (AvgIpc) is 2.47. The van der Waals surface area contributed by atoms with Gasteiger partial charge in [0, 0.05) is 6.54 Å². The van der Waals surface area contributed by atoms with Crippen LogP contribution in [0, 0.1) is 0 Å². The van der Waals surface area contributed by atoms with Crippen molar-refractivity contribution in [2.45, 2.75) is 4.90 Å². The molecule has 0 radical (unpaired) electrons. The molecule has 0 aromatic heterocycles. The summed E-state index contributed by atoms with van der Waals surface area (Å²) in [5.74, 6) is 0. The van der Waals surface area contributed by atoms with Crippen LogP contribution < -0.4 is 9.62 Å². The van der Waals surface area contributed by atoms with Gasteiger partial charge >= 0.3 is 0 Å². The van der Waals surface area contributed by atoms with Gasteiger partial charge in [-0.25, -0.2) is 8.42 Å². The van der Waals surface area contributed by atoms with Crippen molar-refractivity contribution < 1.29 is 8.42 Å². The lowest BCUT2D eigenvalue weighted by Crippen LogP contribution is -2.38. The fourth-order valence-electron chi connectivity index (χ4n) is 2.22. The van der Waals surface area contributed by atoms with E-state index >= 15 is 0 Å². The number of nitrogens with zero attached hydrogens (tertiary/aromatic N) is 1. The van der Waals surface area contributed by atoms with Crippen molar-refractivity contribution in [1.82, 2.24) is 0 Å². The number of hydrogen-bond donors (Lipinski definition) is 1. The van der Waals surface area contributed by atoms with Crippen LogP contribution in [0.15, 0.2) is 59.5 Å². The third kappa shape index (κ3) is 2.06. The number of benzene rings is 2. The normalized spacial score (nSPS) is 14.6. The van der Waals surface area contributed by atoms with Gasteiger partial charge in [0.05, 0.1) is 22.8 Å². The molecule has 1 N–H and O–H groups in total. The van der Waals surface area contributed by atoms with Crippen LogP contribution in [-0.2, 0) is 10.0 Å². The Kier molecular flexibility index (Phi) is 2.91. The molecule has 19 heavy (non-hydrogen) atoms. The van der Waals surface area contributed by atoms with Gasteiger partial charge in [0.25, 0.3) is 10.0 Å². The van der Waals surface area contributed by atoms with Crippen molar-refractivity contribution in [2.75, 3.05) is 22.7 Å². The van der Waals surface area contributed by atoms with E-state index in [0.29, 0.717) is 23.7 Å². The second-order valence-corrected chi connectivity index (χ2v) is 6.20. The Bertz CT molecular complexity index is 684. The molecule has 0 atom stereocenters. The van der Waals surface area contributed by atoms with Gasteiger partial charge in [-0.1, -0.05) is 30.3 Å². The molecule has 0 saturated heterocycles. The molecule has 2 aromatic rings. The van der Waals surface area contributed by atoms with Gasteiger partial charge in [-0.2, -0.15) is 0 Å². The molecule has 1 aliphatic rings. The van der Waals surface area contributed by atoms with E-state index in [2.05, 4.69) is 5.32 Å². The zero-order valence-electron chi connectivity index (χ0n) is 10.3. The van der Waals surface area contributed by atoms with E-state index in [9.17, 15) is 8.42 Å². The summed E-state index contributed by atoms with van der Waals surface area (Å²) in [6, 6.07) is 16.0. The van der Waals surface area contributed by atoms with Gasteiger partial charge in [-0.05, 0) is 24.3 Å². The SMILES string of the molecule is O=S(=O)(c1ccccc1)N1CCNc2ccccc21. The lowest BCUT2D eigenvalue weighted by molar-refractivity contribution is 0.590. The van der Waals surface area contributed by atoms with Crippen molar-refractivity contribution in [1.29, 1.82) is 0 Å². The fraction of sp³-hybridized carbons (Fsp3) is 0.143. The third-order valence-corrected chi connectivity index (χ3v) is 4.96. The van der Waals surface area contributed by atoms with Crippen LogP contribution in [0.1, 0.15) is 0 Å². The van der Waals surface area contributed by atoms with Crippen molar-refractivity contribution in [2.24, 2.45) is 0 Å². The molecule has 1 aliphatic heterocycles. The summed E-state index contributed by atoms with van der Waals surface area (Å²) >= 11 is 0. The summed E-state index contributed by atoms with van der Waals surface area (Å²) in [6.45, 7) is 1.05. The molecule has 2 aromatic carbocycles. The van der Waals surface area contributed by atoms with E-state index < -0.39 is 10.0 Å². The van der Waals surface area contributed by atoms with Crippen molar-refractivity contribution in [3.63, 3.8) is 0 Å². The van der Waals surface area contributed by atoms with Crippen LogP contribution in [0.3, 0.4) is 0 Å². The standard InChI is InChI=1S/C14H14N2O2S/c17-19(18,12-6-2-1-3-7-12)16-11-10-15-13-8-4-5-9-14(13)16/h1-9,15H,10-11H2. The Morgan fingerprint density at radius 1 is 0.947 bits per heavy atom. The number of anilines is 2. The minimum Gasteiger partial charge on any atom is -0.382 e. The molecule has 98 valence electrons. The van der Waals surface area contributed by atoms with E-state index in [0.717, 1.165) is 5.69 Å². The highest BCUT2D eigenvalue weighted by atomic mass is 32.2. The van der Waals surface area contributed by atoms with Gasteiger partial charge in [0.1, 0.15) is 0 Å². The van der Waals surface area contributed by atoms with Gasteiger partial charge < -0.3 is 5.32 Å². The molecule has 4 nitrogen and oxygen atoms in total. The second kappa shape index (κ2) is 4.59. The van der Waals surface area contributed by atoms with E-state index in [-0.39, 0.29) is 0 Å². The smallest absolute Gasteiger partial charge is 0.264 e. The average molecular weight is 274 g/mol. The zero-order valence-corrected chi connectivity index (χ0v) is 11.1. The van der Waals surface area contributed by atoms with Crippen LogP contribution in [0.2, 0.25) is 0 Å². The summed E-state index contributed by atoms with van der Waals surface area (Å²) in [5.41, 5.74) is 1.56.